The number of unbranched alkanes of at least 4 members (excludes halogenated alkanes) is 1. The van der Waals surface area contributed by atoms with Gasteiger partial charge in [-0.2, -0.15) is 0 Å². The number of morpholine rings is 1. The molecule has 0 aromatic heterocycles. The lowest BCUT2D eigenvalue weighted by Gasteiger charge is -2.44. The Labute approximate surface area is 159 Å². The van der Waals surface area contributed by atoms with Crippen LogP contribution in [0.2, 0.25) is 0 Å². The van der Waals surface area contributed by atoms with Gasteiger partial charge in [0, 0.05) is 24.5 Å². The fourth-order valence-electron chi connectivity index (χ4n) is 4.26. The largest absolute Gasteiger partial charge is 0.379 e. The Balaban J connectivity index is 1.95. The molecule has 0 aliphatic carbocycles. The zero-order valence-corrected chi connectivity index (χ0v) is 16.8. The van der Waals surface area contributed by atoms with E-state index in [0.717, 1.165) is 65.0 Å². The first kappa shape index (κ1) is 21.1. The molecule has 1 saturated heterocycles. The maximum absolute atomic E-state index is 12.0. The van der Waals surface area contributed by atoms with Gasteiger partial charge in [-0.05, 0) is 51.9 Å². The van der Waals surface area contributed by atoms with E-state index in [9.17, 15) is 4.79 Å². The summed E-state index contributed by atoms with van der Waals surface area (Å²) in [6.07, 6.45) is 6.33. The van der Waals surface area contributed by atoms with E-state index in [0.29, 0.717) is 0 Å². The Bertz CT molecular complexity index is 514. The molecule has 1 fully saturated rings. The summed E-state index contributed by atoms with van der Waals surface area (Å²) in [6, 6.07) is 10.6. The number of hydrogen-bond acceptors (Lipinski definition) is 4. The fraction of sp³-hybridized carbons (Fsp3) is 0.682. The molecule has 146 valence electrons. The zero-order valence-electron chi connectivity index (χ0n) is 16.8. The van der Waals surface area contributed by atoms with Crippen LogP contribution in [0.1, 0.15) is 38.2 Å². The number of likely N-dealkylation sites (N-methyl/N-ethyl adjacent to an activating group) is 1. The van der Waals surface area contributed by atoms with E-state index in [1.54, 1.807) is 0 Å². The van der Waals surface area contributed by atoms with E-state index in [-0.39, 0.29) is 11.5 Å². The Morgan fingerprint density at radius 1 is 1.19 bits per heavy atom. The second-order valence-electron chi connectivity index (χ2n) is 7.71. The van der Waals surface area contributed by atoms with Gasteiger partial charge in [0.2, 0.25) is 0 Å². The summed E-state index contributed by atoms with van der Waals surface area (Å²) in [5.74, 6) is 0.0624. The summed E-state index contributed by atoms with van der Waals surface area (Å²) in [4.78, 5) is 16.8. The smallest absolute Gasteiger partial charge is 0.124 e. The molecule has 0 bridgehead atoms. The van der Waals surface area contributed by atoms with Gasteiger partial charge in [-0.3, -0.25) is 4.90 Å². The first-order valence-corrected chi connectivity index (χ1v) is 10.1. The molecule has 0 radical (unpaired) electrons. The van der Waals surface area contributed by atoms with Crippen LogP contribution in [0.25, 0.3) is 0 Å². The van der Waals surface area contributed by atoms with Crippen molar-refractivity contribution >= 4 is 6.29 Å². The summed E-state index contributed by atoms with van der Waals surface area (Å²) < 4.78 is 5.41. The van der Waals surface area contributed by atoms with E-state index >= 15 is 0 Å². The molecule has 1 aromatic carbocycles. The summed E-state index contributed by atoms with van der Waals surface area (Å²) in [5.41, 5.74) is 1.20. The molecule has 1 aliphatic rings. The maximum atomic E-state index is 12.0. The quantitative estimate of drug-likeness (QED) is 0.448. The predicted octanol–water partition coefficient (Wildman–Crippen LogP) is 3.26. The minimum Gasteiger partial charge on any atom is -0.379 e. The molecule has 0 amide bonds. The molecular formula is C22H36N2O2. The van der Waals surface area contributed by atoms with E-state index in [1.165, 1.54) is 11.8 Å². The van der Waals surface area contributed by atoms with E-state index in [1.807, 2.05) is 0 Å². The van der Waals surface area contributed by atoms with Crippen LogP contribution in [0.3, 0.4) is 0 Å². The maximum Gasteiger partial charge on any atom is 0.124 e. The summed E-state index contributed by atoms with van der Waals surface area (Å²) in [6.45, 7) is 7.13. The first-order valence-electron chi connectivity index (χ1n) is 10.1. The van der Waals surface area contributed by atoms with Gasteiger partial charge in [-0.25, -0.2) is 0 Å². The number of hydrogen-bond donors (Lipinski definition) is 0. The number of rotatable bonds is 11. The summed E-state index contributed by atoms with van der Waals surface area (Å²) >= 11 is 0. The average molecular weight is 361 g/mol. The molecule has 1 aliphatic heterocycles. The van der Waals surface area contributed by atoms with Crippen molar-refractivity contribution in [1.82, 2.24) is 9.80 Å². The van der Waals surface area contributed by atoms with Crippen LogP contribution < -0.4 is 0 Å². The molecule has 4 nitrogen and oxygen atoms in total. The van der Waals surface area contributed by atoms with E-state index < -0.39 is 0 Å². The van der Waals surface area contributed by atoms with Crippen LogP contribution >= 0.6 is 0 Å². The van der Waals surface area contributed by atoms with Crippen molar-refractivity contribution in [2.24, 2.45) is 5.92 Å². The molecule has 1 heterocycles. The van der Waals surface area contributed by atoms with E-state index in [2.05, 4.69) is 61.2 Å². The molecule has 0 spiro atoms. The van der Waals surface area contributed by atoms with E-state index in [4.69, 9.17) is 4.74 Å². The Kier molecular flexibility index (Phi) is 8.76. The molecule has 2 rings (SSSR count). The SMILES string of the molecule is CCC(Cc1ccccc1)(C(C=O)CCCCN1CCOCC1)N(C)C. The number of aldehydes is 1. The van der Waals surface area contributed by atoms with Crippen molar-refractivity contribution in [2.75, 3.05) is 46.9 Å². The van der Waals surface area contributed by atoms with Crippen LogP contribution in [0, 0.1) is 5.92 Å². The van der Waals surface area contributed by atoms with Crippen molar-refractivity contribution in [2.45, 2.75) is 44.6 Å². The average Bonchev–Trinajstić information content (AvgIpc) is 2.68. The normalized spacial score (nSPS) is 19.2. The van der Waals surface area contributed by atoms with Crippen molar-refractivity contribution < 1.29 is 9.53 Å². The standard InChI is InChI=1S/C22H36N2O2/c1-4-22(23(2)3,18-20-10-6-5-7-11-20)21(19-25)12-8-9-13-24-14-16-26-17-15-24/h5-7,10-11,19,21H,4,8-9,12-18H2,1-3H3. The molecule has 1 aromatic rings. The van der Waals surface area contributed by atoms with Crippen molar-refractivity contribution in [1.29, 1.82) is 0 Å². The minimum absolute atomic E-state index is 0.0624. The zero-order chi connectivity index (χ0) is 18.8. The fourth-order valence-corrected chi connectivity index (χ4v) is 4.26. The third kappa shape index (κ3) is 5.63. The molecular weight excluding hydrogens is 324 g/mol. The number of carbonyl (C=O) groups is 1. The highest BCUT2D eigenvalue weighted by atomic mass is 16.5. The molecule has 0 N–H and O–H groups in total. The molecule has 26 heavy (non-hydrogen) atoms. The van der Waals surface area contributed by atoms with Gasteiger partial charge in [0.05, 0.1) is 13.2 Å². The number of carbonyl (C=O) groups excluding carboxylic acids is 1. The second kappa shape index (κ2) is 10.8. The number of nitrogens with zero attached hydrogens (tertiary/aromatic N) is 2. The van der Waals surface area contributed by atoms with Gasteiger partial charge < -0.3 is 14.4 Å². The van der Waals surface area contributed by atoms with Crippen LogP contribution in [-0.4, -0.2) is 68.6 Å². The van der Waals surface area contributed by atoms with Gasteiger partial charge in [-0.1, -0.05) is 43.7 Å². The summed E-state index contributed by atoms with van der Waals surface area (Å²) in [7, 11) is 4.24. The predicted molar refractivity (Wildman–Crippen MR) is 108 cm³/mol. The third-order valence-corrected chi connectivity index (χ3v) is 6.05. The summed E-state index contributed by atoms with van der Waals surface area (Å²) in [5, 5.41) is 0. The van der Waals surface area contributed by atoms with Crippen molar-refractivity contribution in [3.8, 4) is 0 Å². The highest BCUT2D eigenvalue weighted by Gasteiger charge is 2.39. The lowest BCUT2D eigenvalue weighted by Crippen LogP contribution is -2.52. The van der Waals surface area contributed by atoms with Gasteiger partial charge in [0.15, 0.2) is 0 Å². The number of ether oxygens (including phenoxy) is 1. The molecule has 2 unspecified atom stereocenters. The topological polar surface area (TPSA) is 32.8 Å². The minimum atomic E-state index is -0.109. The number of benzene rings is 1. The monoisotopic (exact) mass is 360 g/mol. The van der Waals surface area contributed by atoms with Crippen LogP contribution in [0.5, 0.6) is 0 Å². The molecule has 0 saturated carbocycles. The third-order valence-electron chi connectivity index (χ3n) is 6.05. The highest BCUT2D eigenvalue weighted by molar-refractivity contribution is 5.56. The van der Waals surface area contributed by atoms with Crippen molar-refractivity contribution in [3.05, 3.63) is 35.9 Å². The van der Waals surface area contributed by atoms with Crippen molar-refractivity contribution in [3.63, 3.8) is 0 Å². The van der Waals surface area contributed by atoms with Crippen LogP contribution in [-0.2, 0) is 16.0 Å². The van der Waals surface area contributed by atoms with Gasteiger partial charge >= 0.3 is 0 Å². The second-order valence-corrected chi connectivity index (χ2v) is 7.71. The molecule has 2 atom stereocenters. The van der Waals surface area contributed by atoms with Crippen LogP contribution in [0.4, 0.5) is 0 Å². The van der Waals surface area contributed by atoms with Crippen LogP contribution in [0.15, 0.2) is 30.3 Å². The lowest BCUT2D eigenvalue weighted by atomic mass is 9.74. The Hall–Kier alpha value is -1.23. The van der Waals surface area contributed by atoms with Gasteiger partial charge in [-0.15, -0.1) is 0 Å². The Morgan fingerprint density at radius 3 is 2.46 bits per heavy atom. The highest BCUT2D eigenvalue weighted by Crippen LogP contribution is 2.33. The lowest BCUT2D eigenvalue weighted by molar-refractivity contribution is -0.116. The van der Waals surface area contributed by atoms with Gasteiger partial charge in [0.1, 0.15) is 6.29 Å². The molecule has 4 heteroatoms. The first-order chi connectivity index (χ1) is 12.6. The Morgan fingerprint density at radius 2 is 1.88 bits per heavy atom. The van der Waals surface area contributed by atoms with Gasteiger partial charge in [0.25, 0.3) is 0 Å².